The number of hydrogen-bond donors (Lipinski definition) is 1. The minimum atomic E-state index is -3.64. The van der Waals surface area contributed by atoms with Gasteiger partial charge < -0.3 is 5.73 Å². The second-order valence-corrected chi connectivity index (χ2v) is 6.31. The van der Waals surface area contributed by atoms with Crippen LogP contribution in [-0.4, -0.2) is 29.2 Å². The van der Waals surface area contributed by atoms with Crippen LogP contribution in [-0.2, 0) is 23.1 Å². The van der Waals surface area contributed by atoms with Crippen LogP contribution in [0, 0.1) is 0 Å². The van der Waals surface area contributed by atoms with Crippen LogP contribution >= 0.6 is 0 Å². The van der Waals surface area contributed by atoms with Crippen molar-refractivity contribution in [2.24, 2.45) is 5.73 Å². The first-order valence-electron chi connectivity index (χ1n) is 6.63. The van der Waals surface area contributed by atoms with Gasteiger partial charge in [0.1, 0.15) is 4.90 Å². The highest BCUT2D eigenvalue weighted by molar-refractivity contribution is 7.89. The number of aromatic nitrogens is 2. The van der Waals surface area contributed by atoms with Gasteiger partial charge in [0.15, 0.2) is 0 Å². The van der Waals surface area contributed by atoms with Gasteiger partial charge in [-0.1, -0.05) is 13.0 Å². The molecule has 2 heterocycles. The first kappa shape index (κ1) is 15.6. The molecule has 21 heavy (non-hydrogen) atoms. The summed E-state index contributed by atoms with van der Waals surface area (Å²) in [6.45, 7) is 2.44. The topological polar surface area (TPSA) is 89.2 Å². The molecule has 0 amide bonds. The molecule has 2 rings (SSSR count). The van der Waals surface area contributed by atoms with Crippen molar-refractivity contribution in [3.8, 4) is 0 Å². The third-order valence-electron chi connectivity index (χ3n) is 3.08. The fourth-order valence-electron chi connectivity index (χ4n) is 1.99. The van der Waals surface area contributed by atoms with Crippen LogP contribution in [0.15, 0.2) is 47.6 Å². The minimum Gasteiger partial charge on any atom is -0.325 e. The van der Waals surface area contributed by atoms with Crippen LogP contribution in [0.25, 0.3) is 0 Å². The lowest BCUT2D eigenvalue weighted by molar-refractivity contribution is 0.418. The molecule has 6 nitrogen and oxygen atoms in total. The maximum absolute atomic E-state index is 12.8. The Morgan fingerprint density at radius 3 is 2.52 bits per heavy atom. The Kier molecular flexibility index (Phi) is 5.00. The fourth-order valence-corrected chi connectivity index (χ4v) is 3.59. The Labute approximate surface area is 124 Å². The Hall–Kier alpha value is -1.83. The molecule has 0 spiro atoms. The SMILES string of the molecule is CCN(Cc1ccccn1)S(=O)(=O)c1cccnc1CN. The second kappa shape index (κ2) is 6.75. The number of nitrogens with zero attached hydrogens (tertiary/aromatic N) is 3. The molecule has 0 radical (unpaired) electrons. The molecule has 0 aliphatic carbocycles. The molecule has 0 aromatic carbocycles. The fraction of sp³-hybridized carbons (Fsp3) is 0.286. The number of hydrogen-bond acceptors (Lipinski definition) is 5. The molecule has 112 valence electrons. The maximum atomic E-state index is 12.8. The van der Waals surface area contributed by atoms with Crippen molar-refractivity contribution in [2.75, 3.05) is 6.54 Å². The zero-order valence-corrected chi connectivity index (χ0v) is 12.6. The predicted molar refractivity (Wildman–Crippen MR) is 79.6 cm³/mol. The Bertz CT molecular complexity index is 689. The summed E-state index contributed by atoms with van der Waals surface area (Å²) >= 11 is 0. The quantitative estimate of drug-likeness (QED) is 0.864. The number of pyridine rings is 2. The van der Waals surface area contributed by atoms with E-state index in [-0.39, 0.29) is 18.0 Å². The van der Waals surface area contributed by atoms with Gasteiger partial charge in [0.05, 0.1) is 17.9 Å². The first-order chi connectivity index (χ1) is 10.1. The van der Waals surface area contributed by atoms with Crippen molar-refractivity contribution in [3.05, 3.63) is 54.1 Å². The molecule has 2 N–H and O–H groups in total. The van der Waals surface area contributed by atoms with Crippen molar-refractivity contribution in [1.29, 1.82) is 0 Å². The van der Waals surface area contributed by atoms with Crippen molar-refractivity contribution < 1.29 is 8.42 Å². The van der Waals surface area contributed by atoms with E-state index in [0.29, 0.717) is 17.9 Å². The lowest BCUT2D eigenvalue weighted by atomic mass is 10.3. The zero-order valence-electron chi connectivity index (χ0n) is 11.8. The van der Waals surface area contributed by atoms with Crippen molar-refractivity contribution in [2.45, 2.75) is 24.9 Å². The van der Waals surface area contributed by atoms with E-state index in [0.717, 1.165) is 0 Å². The zero-order chi connectivity index (χ0) is 15.3. The summed E-state index contributed by atoms with van der Waals surface area (Å²) in [5.41, 5.74) is 6.65. The highest BCUT2D eigenvalue weighted by atomic mass is 32.2. The highest BCUT2D eigenvalue weighted by Crippen LogP contribution is 2.19. The van der Waals surface area contributed by atoms with E-state index in [1.54, 1.807) is 31.3 Å². The van der Waals surface area contributed by atoms with Gasteiger partial charge in [0, 0.05) is 25.5 Å². The van der Waals surface area contributed by atoms with E-state index in [2.05, 4.69) is 9.97 Å². The van der Waals surface area contributed by atoms with Crippen LogP contribution in [0.5, 0.6) is 0 Å². The van der Waals surface area contributed by atoms with Gasteiger partial charge in [-0.2, -0.15) is 4.31 Å². The third-order valence-corrected chi connectivity index (χ3v) is 5.07. The van der Waals surface area contributed by atoms with Crippen LogP contribution in [0.1, 0.15) is 18.3 Å². The first-order valence-corrected chi connectivity index (χ1v) is 8.07. The van der Waals surface area contributed by atoms with Gasteiger partial charge in [-0.05, 0) is 24.3 Å². The monoisotopic (exact) mass is 306 g/mol. The average molecular weight is 306 g/mol. The molecule has 7 heteroatoms. The van der Waals surface area contributed by atoms with Crippen LogP contribution < -0.4 is 5.73 Å². The molecule has 0 saturated carbocycles. The molecule has 0 aliphatic rings. The van der Waals surface area contributed by atoms with Gasteiger partial charge in [-0.15, -0.1) is 0 Å². The van der Waals surface area contributed by atoms with Crippen LogP contribution in [0.3, 0.4) is 0 Å². The van der Waals surface area contributed by atoms with Crippen LogP contribution in [0.2, 0.25) is 0 Å². The largest absolute Gasteiger partial charge is 0.325 e. The van der Waals surface area contributed by atoms with E-state index >= 15 is 0 Å². The van der Waals surface area contributed by atoms with Gasteiger partial charge >= 0.3 is 0 Å². The van der Waals surface area contributed by atoms with Crippen molar-refractivity contribution >= 4 is 10.0 Å². The maximum Gasteiger partial charge on any atom is 0.245 e. The summed E-state index contributed by atoms with van der Waals surface area (Å²) in [6, 6.07) is 8.55. The summed E-state index contributed by atoms with van der Waals surface area (Å²) in [4.78, 5) is 8.37. The van der Waals surface area contributed by atoms with Crippen molar-refractivity contribution in [3.63, 3.8) is 0 Å². The molecule has 0 aliphatic heterocycles. The van der Waals surface area contributed by atoms with E-state index in [1.165, 1.54) is 16.6 Å². The molecule has 0 fully saturated rings. The van der Waals surface area contributed by atoms with Gasteiger partial charge in [0.2, 0.25) is 10.0 Å². The molecule has 0 unspecified atom stereocenters. The second-order valence-electron chi connectivity index (χ2n) is 4.40. The van der Waals surface area contributed by atoms with E-state index < -0.39 is 10.0 Å². The van der Waals surface area contributed by atoms with Crippen LogP contribution in [0.4, 0.5) is 0 Å². The van der Waals surface area contributed by atoms with Gasteiger partial charge in [0.25, 0.3) is 0 Å². The number of rotatable bonds is 6. The molecule has 0 saturated heterocycles. The Balaban J connectivity index is 2.36. The van der Waals surface area contributed by atoms with E-state index in [4.69, 9.17) is 5.73 Å². The van der Waals surface area contributed by atoms with E-state index in [1.807, 2.05) is 6.07 Å². The molecule has 2 aromatic heterocycles. The highest BCUT2D eigenvalue weighted by Gasteiger charge is 2.26. The molecule has 0 atom stereocenters. The summed E-state index contributed by atoms with van der Waals surface area (Å²) in [5.74, 6) is 0. The third kappa shape index (κ3) is 3.44. The molecular formula is C14H18N4O2S. The minimum absolute atomic E-state index is 0.0799. The summed E-state index contributed by atoms with van der Waals surface area (Å²) in [6.07, 6.45) is 3.18. The number of nitrogens with two attached hydrogens (primary N) is 1. The molecule has 0 bridgehead atoms. The standard InChI is InChI=1S/C14H18N4O2S/c1-2-18(11-12-6-3-4-8-16-12)21(19,20)14-7-5-9-17-13(14)10-15/h3-9H,2,10-11,15H2,1H3. The summed E-state index contributed by atoms with van der Waals surface area (Å²) < 4.78 is 26.9. The number of sulfonamides is 1. The molecule has 2 aromatic rings. The van der Waals surface area contributed by atoms with Crippen molar-refractivity contribution in [1.82, 2.24) is 14.3 Å². The summed E-state index contributed by atoms with van der Waals surface area (Å²) in [5, 5.41) is 0. The Morgan fingerprint density at radius 1 is 1.14 bits per heavy atom. The van der Waals surface area contributed by atoms with Gasteiger partial charge in [-0.3, -0.25) is 9.97 Å². The van der Waals surface area contributed by atoms with E-state index in [9.17, 15) is 8.42 Å². The predicted octanol–water partition coefficient (Wildman–Crippen LogP) is 1.15. The Morgan fingerprint density at radius 2 is 1.90 bits per heavy atom. The van der Waals surface area contributed by atoms with Gasteiger partial charge in [-0.25, -0.2) is 8.42 Å². The normalized spacial score (nSPS) is 11.8. The molecular weight excluding hydrogens is 288 g/mol. The lowest BCUT2D eigenvalue weighted by Gasteiger charge is -2.21. The average Bonchev–Trinajstić information content (AvgIpc) is 2.53. The summed E-state index contributed by atoms with van der Waals surface area (Å²) in [7, 11) is -3.64. The lowest BCUT2D eigenvalue weighted by Crippen LogP contribution is -2.32. The smallest absolute Gasteiger partial charge is 0.245 e.